The van der Waals surface area contributed by atoms with E-state index in [2.05, 4.69) is 0 Å². The molecule has 0 N–H and O–H groups in total. The van der Waals surface area contributed by atoms with Crippen LogP contribution in [-0.2, 0) is 19.1 Å². The summed E-state index contributed by atoms with van der Waals surface area (Å²) < 4.78 is 10.3. The normalized spacial score (nSPS) is 16.5. The Balaban J connectivity index is 1.76. The third-order valence-corrected chi connectivity index (χ3v) is 4.58. The van der Waals surface area contributed by atoms with Crippen LogP contribution < -0.4 is 0 Å². The summed E-state index contributed by atoms with van der Waals surface area (Å²) in [6, 6.07) is 16.3. The number of Topliss-reactive ketones (excluding diaryl/α,β-unsaturated/α-hetero) is 1. The monoisotopic (exact) mass is 395 g/mol. The van der Waals surface area contributed by atoms with E-state index in [4.69, 9.17) is 9.47 Å². The van der Waals surface area contributed by atoms with Gasteiger partial charge in [-0.05, 0) is 19.1 Å². The molecular formula is C22H21NO6. The molecule has 1 amide bonds. The van der Waals surface area contributed by atoms with Crippen LogP contribution in [0, 0.1) is 0 Å². The van der Waals surface area contributed by atoms with Gasteiger partial charge in [0.2, 0.25) is 5.91 Å². The van der Waals surface area contributed by atoms with Gasteiger partial charge in [0.15, 0.2) is 5.78 Å². The molecule has 1 aliphatic heterocycles. The van der Waals surface area contributed by atoms with Gasteiger partial charge in [-0.1, -0.05) is 48.5 Å². The average molecular weight is 395 g/mol. The van der Waals surface area contributed by atoms with Gasteiger partial charge in [0.05, 0.1) is 18.2 Å². The lowest BCUT2D eigenvalue weighted by Crippen LogP contribution is -2.61. The molecule has 0 aromatic heterocycles. The molecule has 3 rings (SSSR count). The number of amides is 1. The lowest BCUT2D eigenvalue weighted by atomic mass is 9.93. The van der Waals surface area contributed by atoms with Crippen molar-refractivity contribution < 1.29 is 28.7 Å². The molecule has 1 fully saturated rings. The molecule has 150 valence electrons. The number of esters is 2. The molecule has 0 radical (unpaired) electrons. The number of hydrogen-bond acceptors (Lipinski definition) is 6. The summed E-state index contributed by atoms with van der Waals surface area (Å²) in [4.78, 5) is 50.7. The van der Waals surface area contributed by atoms with E-state index in [1.165, 1.54) is 0 Å². The van der Waals surface area contributed by atoms with Crippen LogP contribution in [0.1, 0.15) is 40.5 Å². The Kier molecular flexibility index (Phi) is 6.39. The number of ether oxygens (including phenoxy) is 2. The van der Waals surface area contributed by atoms with Crippen LogP contribution in [0.15, 0.2) is 60.7 Å². The van der Waals surface area contributed by atoms with Crippen molar-refractivity contribution in [3.05, 3.63) is 71.8 Å². The predicted octanol–water partition coefficient (Wildman–Crippen LogP) is 2.61. The first-order valence-electron chi connectivity index (χ1n) is 9.33. The van der Waals surface area contributed by atoms with E-state index in [9.17, 15) is 19.2 Å². The van der Waals surface area contributed by atoms with Gasteiger partial charge in [-0.2, -0.15) is 0 Å². The van der Waals surface area contributed by atoms with E-state index < -0.39 is 24.2 Å². The van der Waals surface area contributed by atoms with Crippen LogP contribution in [-0.4, -0.2) is 47.4 Å². The van der Waals surface area contributed by atoms with Crippen molar-refractivity contribution >= 4 is 23.6 Å². The maximum absolute atomic E-state index is 12.5. The minimum absolute atomic E-state index is 0.0224. The zero-order valence-electron chi connectivity index (χ0n) is 15.9. The molecule has 7 nitrogen and oxygen atoms in total. The van der Waals surface area contributed by atoms with Gasteiger partial charge in [-0.15, -0.1) is 0 Å². The number of likely N-dealkylation sites (tertiary alicyclic amines) is 1. The first-order valence-corrected chi connectivity index (χ1v) is 9.33. The smallest absolute Gasteiger partial charge is 0.369 e. The van der Waals surface area contributed by atoms with Crippen LogP contribution >= 0.6 is 0 Å². The molecule has 0 saturated carbocycles. The van der Waals surface area contributed by atoms with Gasteiger partial charge < -0.3 is 9.47 Å². The number of rotatable bonds is 8. The number of ketones is 1. The van der Waals surface area contributed by atoms with E-state index in [0.717, 1.165) is 4.90 Å². The molecule has 0 aliphatic carbocycles. The molecule has 1 heterocycles. The molecular weight excluding hydrogens is 374 g/mol. The number of hydrogen-bond donors (Lipinski definition) is 0. The van der Waals surface area contributed by atoms with Gasteiger partial charge in [0.25, 0.3) is 6.23 Å². The van der Waals surface area contributed by atoms with Crippen LogP contribution in [0.2, 0.25) is 0 Å². The average Bonchev–Trinajstić information content (AvgIpc) is 2.74. The molecule has 2 aromatic carbocycles. The third kappa shape index (κ3) is 4.68. The minimum Gasteiger partial charge on any atom is -0.462 e. The molecule has 2 atom stereocenters. The van der Waals surface area contributed by atoms with Gasteiger partial charge in [-0.25, -0.2) is 9.59 Å². The van der Waals surface area contributed by atoms with Gasteiger partial charge >= 0.3 is 11.9 Å². The zero-order chi connectivity index (χ0) is 20.8. The first-order chi connectivity index (χ1) is 14.0. The highest BCUT2D eigenvalue weighted by Gasteiger charge is 2.47. The molecule has 0 spiro atoms. The molecule has 29 heavy (non-hydrogen) atoms. The Morgan fingerprint density at radius 2 is 1.59 bits per heavy atom. The van der Waals surface area contributed by atoms with Gasteiger partial charge in [0.1, 0.15) is 0 Å². The lowest BCUT2D eigenvalue weighted by Gasteiger charge is -2.43. The Labute approximate surface area is 168 Å². The number of β-lactam (4-membered cyclic amide) rings is 1. The van der Waals surface area contributed by atoms with Gasteiger partial charge in [-0.3, -0.25) is 14.5 Å². The fraction of sp³-hybridized carbons (Fsp3) is 0.273. The van der Waals surface area contributed by atoms with E-state index in [-0.39, 0.29) is 36.7 Å². The van der Waals surface area contributed by atoms with E-state index in [1.54, 1.807) is 67.6 Å². The molecule has 2 unspecified atom stereocenters. The molecule has 1 saturated heterocycles. The lowest BCUT2D eigenvalue weighted by molar-refractivity contribution is -0.183. The molecule has 0 bridgehead atoms. The Morgan fingerprint density at radius 3 is 2.14 bits per heavy atom. The number of nitrogens with zero attached hydrogens (tertiary/aromatic N) is 1. The highest BCUT2D eigenvalue weighted by atomic mass is 16.6. The third-order valence-electron chi connectivity index (χ3n) is 4.58. The Bertz CT molecular complexity index is 896. The summed E-state index contributed by atoms with van der Waals surface area (Å²) in [7, 11) is 0. The van der Waals surface area contributed by atoms with Crippen molar-refractivity contribution in [3.8, 4) is 0 Å². The van der Waals surface area contributed by atoms with Crippen molar-refractivity contribution in [2.45, 2.75) is 32.0 Å². The number of carbonyl (C=O) groups is 4. The minimum atomic E-state index is -1.53. The number of benzene rings is 2. The first kappa shape index (κ1) is 20.3. The largest absolute Gasteiger partial charge is 0.462 e. The summed E-state index contributed by atoms with van der Waals surface area (Å²) in [6.07, 6.45) is -1.41. The van der Waals surface area contributed by atoms with Gasteiger partial charge in [0, 0.05) is 18.4 Å². The summed E-state index contributed by atoms with van der Waals surface area (Å²) >= 11 is 0. The van der Waals surface area contributed by atoms with Crippen molar-refractivity contribution in [2.75, 3.05) is 6.61 Å². The van der Waals surface area contributed by atoms with Crippen molar-refractivity contribution in [3.63, 3.8) is 0 Å². The fourth-order valence-corrected chi connectivity index (χ4v) is 3.12. The van der Waals surface area contributed by atoms with Crippen LogP contribution in [0.4, 0.5) is 0 Å². The van der Waals surface area contributed by atoms with E-state index in [1.807, 2.05) is 0 Å². The SMILES string of the molecule is CCOC(=O)C(OC(=O)c1ccccc1)N1C(=O)CC1CC(=O)c1ccccc1. The molecule has 1 aliphatic rings. The second-order valence-corrected chi connectivity index (χ2v) is 6.53. The van der Waals surface area contributed by atoms with E-state index in [0.29, 0.717) is 5.56 Å². The molecule has 2 aromatic rings. The quantitative estimate of drug-likeness (QED) is 0.388. The summed E-state index contributed by atoms with van der Waals surface area (Å²) in [5, 5.41) is 0. The predicted molar refractivity (Wildman–Crippen MR) is 103 cm³/mol. The maximum atomic E-state index is 12.5. The fourth-order valence-electron chi connectivity index (χ4n) is 3.12. The second-order valence-electron chi connectivity index (χ2n) is 6.53. The standard InChI is InChI=1S/C22H21NO6/c1-2-28-22(27)20(29-21(26)16-11-7-4-8-12-16)23-17(14-19(23)25)13-18(24)15-9-5-3-6-10-15/h3-12,17,20H,2,13-14H2,1H3. The summed E-state index contributed by atoms with van der Waals surface area (Å²) in [5.74, 6) is -2.14. The van der Waals surface area contributed by atoms with Crippen molar-refractivity contribution in [1.82, 2.24) is 4.90 Å². The van der Waals surface area contributed by atoms with Crippen LogP contribution in [0.5, 0.6) is 0 Å². The van der Waals surface area contributed by atoms with Crippen molar-refractivity contribution in [1.29, 1.82) is 0 Å². The second kappa shape index (κ2) is 9.14. The van der Waals surface area contributed by atoms with Crippen LogP contribution in [0.25, 0.3) is 0 Å². The molecule has 7 heteroatoms. The number of carbonyl (C=O) groups excluding carboxylic acids is 4. The topological polar surface area (TPSA) is 90.0 Å². The van der Waals surface area contributed by atoms with E-state index >= 15 is 0 Å². The Hall–Kier alpha value is -3.48. The highest BCUT2D eigenvalue weighted by molar-refractivity contribution is 5.99. The maximum Gasteiger partial charge on any atom is 0.369 e. The summed E-state index contributed by atoms with van der Waals surface area (Å²) in [5.41, 5.74) is 0.757. The summed E-state index contributed by atoms with van der Waals surface area (Å²) in [6.45, 7) is 1.68. The Morgan fingerprint density at radius 1 is 1.00 bits per heavy atom. The van der Waals surface area contributed by atoms with Crippen molar-refractivity contribution in [2.24, 2.45) is 0 Å². The highest BCUT2D eigenvalue weighted by Crippen LogP contribution is 2.28. The zero-order valence-corrected chi connectivity index (χ0v) is 15.9. The van der Waals surface area contributed by atoms with Crippen LogP contribution in [0.3, 0.4) is 0 Å².